The molecule has 0 spiro atoms. The van der Waals surface area contributed by atoms with Crippen molar-refractivity contribution < 1.29 is 4.39 Å². The molecule has 0 saturated carbocycles. The molecule has 1 aliphatic heterocycles. The van der Waals surface area contributed by atoms with Gasteiger partial charge in [0.25, 0.3) is 0 Å². The summed E-state index contributed by atoms with van der Waals surface area (Å²) in [5, 5.41) is 3.37. The van der Waals surface area contributed by atoms with E-state index < -0.39 is 0 Å². The van der Waals surface area contributed by atoms with Crippen molar-refractivity contribution in [3.63, 3.8) is 0 Å². The number of nitrogens with one attached hydrogen (secondary N) is 1. The van der Waals surface area contributed by atoms with Gasteiger partial charge in [-0.2, -0.15) is 0 Å². The van der Waals surface area contributed by atoms with Crippen molar-refractivity contribution in [2.75, 3.05) is 13.1 Å². The van der Waals surface area contributed by atoms with Gasteiger partial charge in [0.2, 0.25) is 0 Å². The Balaban J connectivity index is 2.24. The summed E-state index contributed by atoms with van der Waals surface area (Å²) in [5.74, 6) is 0.762. The molecule has 0 aliphatic carbocycles. The second-order valence-corrected chi connectivity index (χ2v) is 4.16. The number of rotatable bonds is 2. The van der Waals surface area contributed by atoms with Crippen LogP contribution in [0, 0.1) is 11.7 Å². The quantitative estimate of drug-likeness (QED) is 0.806. The summed E-state index contributed by atoms with van der Waals surface area (Å²) in [4.78, 5) is 3.80. The maximum atomic E-state index is 13.6. The molecule has 1 fully saturated rings. The Morgan fingerprint density at radius 1 is 1.60 bits per heavy atom. The van der Waals surface area contributed by atoms with Crippen molar-refractivity contribution in [1.29, 1.82) is 0 Å². The van der Waals surface area contributed by atoms with Crippen LogP contribution in [0.5, 0.6) is 0 Å². The fourth-order valence-corrected chi connectivity index (χ4v) is 2.45. The summed E-state index contributed by atoms with van der Waals surface area (Å²) in [7, 11) is 0. The minimum Gasteiger partial charge on any atom is -0.316 e. The lowest BCUT2D eigenvalue weighted by molar-refractivity contribution is 0.311. The number of nitrogens with zero attached hydrogens (tertiary/aromatic N) is 1. The number of aromatic nitrogens is 1. The van der Waals surface area contributed by atoms with E-state index >= 15 is 0 Å². The molecule has 82 valence electrons. The highest BCUT2D eigenvalue weighted by atomic mass is 19.1. The summed E-state index contributed by atoms with van der Waals surface area (Å²) in [6.07, 6.45) is 5.14. The third-order valence-corrected chi connectivity index (χ3v) is 3.34. The average molecular weight is 208 g/mol. The van der Waals surface area contributed by atoms with E-state index in [1.807, 2.05) is 6.07 Å². The fourth-order valence-electron chi connectivity index (χ4n) is 2.45. The molecular weight excluding hydrogens is 191 g/mol. The van der Waals surface area contributed by atoms with Crippen molar-refractivity contribution in [3.8, 4) is 0 Å². The molecule has 15 heavy (non-hydrogen) atoms. The van der Waals surface area contributed by atoms with Gasteiger partial charge in [-0.1, -0.05) is 13.3 Å². The van der Waals surface area contributed by atoms with Crippen LogP contribution in [0.15, 0.2) is 18.5 Å². The molecule has 2 unspecified atom stereocenters. The van der Waals surface area contributed by atoms with Gasteiger partial charge in [-0.3, -0.25) is 4.98 Å². The summed E-state index contributed by atoms with van der Waals surface area (Å²) < 4.78 is 13.6. The predicted octanol–water partition coefficient (Wildman–Crippen LogP) is 2.32. The van der Waals surface area contributed by atoms with Gasteiger partial charge < -0.3 is 5.32 Å². The number of hydrogen-bond acceptors (Lipinski definition) is 2. The molecule has 2 nitrogen and oxygen atoms in total. The van der Waals surface area contributed by atoms with Crippen molar-refractivity contribution in [3.05, 3.63) is 29.8 Å². The van der Waals surface area contributed by atoms with Gasteiger partial charge in [0.1, 0.15) is 5.82 Å². The van der Waals surface area contributed by atoms with Crippen molar-refractivity contribution in [1.82, 2.24) is 10.3 Å². The summed E-state index contributed by atoms with van der Waals surface area (Å²) in [6.45, 7) is 4.16. The first-order valence-electron chi connectivity index (χ1n) is 5.63. The van der Waals surface area contributed by atoms with Crippen LogP contribution in [0.25, 0.3) is 0 Å². The van der Waals surface area contributed by atoms with Gasteiger partial charge in [0.15, 0.2) is 0 Å². The van der Waals surface area contributed by atoms with Crippen LogP contribution in [-0.4, -0.2) is 18.1 Å². The average Bonchev–Trinajstić information content (AvgIpc) is 2.30. The molecule has 0 amide bonds. The number of hydrogen-bond donors (Lipinski definition) is 1. The third kappa shape index (κ3) is 2.17. The van der Waals surface area contributed by atoms with Crippen LogP contribution < -0.4 is 5.32 Å². The maximum absolute atomic E-state index is 13.6. The number of piperidine rings is 1. The monoisotopic (exact) mass is 208 g/mol. The van der Waals surface area contributed by atoms with E-state index in [0.29, 0.717) is 11.8 Å². The van der Waals surface area contributed by atoms with Crippen molar-refractivity contribution >= 4 is 0 Å². The Labute approximate surface area is 89.9 Å². The highest BCUT2D eigenvalue weighted by Gasteiger charge is 2.26. The lowest BCUT2D eigenvalue weighted by atomic mass is 9.80. The molecule has 1 aromatic rings. The maximum Gasteiger partial charge on any atom is 0.144 e. The molecule has 2 rings (SSSR count). The molecular formula is C12H17FN2. The summed E-state index contributed by atoms with van der Waals surface area (Å²) in [5.41, 5.74) is 0.846. The van der Waals surface area contributed by atoms with Gasteiger partial charge in [0, 0.05) is 6.20 Å². The minimum absolute atomic E-state index is 0.150. The minimum atomic E-state index is -0.150. The van der Waals surface area contributed by atoms with Crippen LogP contribution >= 0.6 is 0 Å². The second-order valence-electron chi connectivity index (χ2n) is 4.16. The third-order valence-electron chi connectivity index (χ3n) is 3.34. The predicted molar refractivity (Wildman–Crippen MR) is 58.2 cm³/mol. The first-order chi connectivity index (χ1) is 7.33. The van der Waals surface area contributed by atoms with Crippen molar-refractivity contribution in [2.45, 2.75) is 25.7 Å². The van der Waals surface area contributed by atoms with Crippen LogP contribution in [0.3, 0.4) is 0 Å². The topological polar surface area (TPSA) is 24.9 Å². The second kappa shape index (κ2) is 4.71. The van der Waals surface area contributed by atoms with Gasteiger partial charge in [0.05, 0.1) is 6.20 Å². The van der Waals surface area contributed by atoms with E-state index in [1.165, 1.54) is 6.20 Å². The Bertz CT molecular complexity index is 327. The summed E-state index contributed by atoms with van der Waals surface area (Å²) >= 11 is 0. The van der Waals surface area contributed by atoms with E-state index in [9.17, 15) is 4.39 Å². The van der Waals surface area contributed by atoms with E-state index in [4.69, 9.17) is 0 Å². The van der Waals surface area contributed by atoms with E-state index in [1.54, 1.807) is 6.20 Å². The molecule has 0 aromatic carbocycles. The van der Waals surface area contributed by atoms with Gasteiger partial charge >= 0.3 is 0 Å². The Hall–Kier alpha value is -0.960. The molecule has 0 bridgehead atoms. The summed E-state index contributed by atoms with van der Waals surface area (Å²) in [6, 6.07) is 1.83. The molecule has 0 radical (unpaired) electrons. The zero-order valence-electron chi connectivity index (χ0n) is 9.04. The normalized spacial score (nSPS) is 26.5. The standard InChI is InChI=1S/C12H17FN2/c1-2-9-7-14-5-3-10(9)11-4-6-15-8-12(11)13/h4,6,8-10,14H,2-3,5,7H2,1H3. The lowest BCUT2D eigenvalue weighted by Crippen LogP contribution is -2.35. The Morgan fingerprint density at radius 3 is 3.20 bits per heavy atom. The number of pyridine rings is 1. The molecule has 2 heterocycles. The van der Waals surface area contributed by atoms with Crippen LogP contribution in [-0.2, 0) is 0 Å². The van der Waals surface area contributed by atoms with E-state index in [-0.39, 0.29) is 5.82 Å². The van der Waals surface area contributed by atoms with Gasteiger partial charge in [-0.05, 0) is 43.0 Å². The fraction of sp³-hybridized carbons (Fsp3) is 0.583. The van der Waals surface area contributed by atoms with E-state index in [0.717, 1.165) is 31.5 Å². The molecule has 3 heteroatoms. The van der Waals surface area contributed by atoms with Crippen LogP contribution in [0.2, 0.25) is 0 Å². The highest BCUT2D eigenvalue weighted by Crippen LogP contribution is 2.33. The zero-order valence-corrected chi connectivity index (χ0v) is 9.04. The molecule has 1 saturated heterocycles. The first kappa shape index (κ1) is 10.6. The van der Waals surface area contributed by atoms with E-state index in [2.05, 4.69) is 17.2 Å². The smallest absolute Gasteiger partial charge is 0.144 e. The molecule has 1 aliphatic rings. The van der Waals surface area contributed by atoms with Gasteiger partial charge in [-0.25, -0.2) is 4.39 Å². The van der Waals surface area contributed by atoms with Crippen molar-refractivity contribution in [2.24, 2.45) is 5.92 Å². The van der Waals surface area contributed by atoms with Gasteiger partial charge in [-0.15, -0.1) is 0 Å². The largest absolute Gasteiger partial charge is 0.316 e. The lowest BCUT2D eigenvalue weighted by Gasteiger charge is -2.31. The van der Waals surface area contributed by atoms with Crippen LogP contribution in [0.4, 0.5) is 4.39 Å². The number of halogens is 1. The molecule has 1 N–H and O–H groups in total. The Kier molecular flexibility index (Phi) is 3.31. The first-order valence-corrected chi connectivity index (χ1v) is 5.63. The SMILES string of the molecule is CCC1CNCCC1c1ccncc1F. The molecule has 2 atom stereocenters. The molecule has 1 aromatic heterocycles. The van der Waals surface area contributed by atoms with Crippen LogP contribution in [0.1, 0.15) is 31.2 Å². The Morgan fingerprint density at radius 2 is 2.47 bits per heavy atom. The highest BCUT2D eigenvalue weighted by molar-refractivity contribution is 5.20. The zero-order chi connectivity index (χ0) is 10.7.